The number of nitrogens with zero attached hydrogens (tertiary/aromatic N) is 1. The summed E-state index contributed by atoms with van der Waals surface area (Å²) in [5, 5.41) is 6.46. The monoisotopic (exact) mass is 423 g/mol. The summed E-state index contributed by atoms with van der Waals surface area (Å²) in [7, 11) is 4.91. The van der Waals surface area contributed by atoms with Gasteiger partial charge in [0.15, 0.2) is 17.5 Å². The molecule has 0 heterocycles. The van der Waals surface area contributed by atoms with Gasteiger partial charge in [-0.1, -0.05) is 12.1 Å². The van der Waals surface area contributed by atoms with E-state index >= 15 is 0 Å². The van der Waals surface area contributed by atoms with Gasteiger partial charge in [0.25, 0.3) is 0 Å². The minimum Gasteiger partial charge on any atom is -0.493 e. The first kappa shape index (κ1) is 20.0. The average Bonchev–Trinajstić information content (AvgIpc) is 2.64. The van der Waals surface area contributed by atoms with E-state index in [0.717, 1.165) is 15.6 Å². The van der Waals surface area contributed by atoms with E-state index in [0.29, 0.717) is 36.1 Å². The van der Waals surface area contributed by atoms with Crippen LogP contribution in [0.15, 0.2) is 39.8 Å². The highest BCUT2D eigenvalue weighted by atomic mass is 79.9. The third-order valence-electron chi connectivity index (χ3n) is 3.86. The van der Waals surface area contributed by atoms with Crippen LogP contribution in [0, 0.1) is 12.7 Å². The van der Waals surface area contributed by atoms with Crippen molar-refractivity contribution in [1.82, 2.24) is 10.6 Å². The number of ether oxygens (including phenoxy) is 2. The van der Waals surface area contributed by atoms with E-state index in [1.807, 2.05) is 18.2 Å². The molecule has 2 aromatic rings. The molecule has 0 aliphatic heterocycles. The standard InChI is InChI=1S/C19H23BrFN3O2/c1-12-7-13(5-6-16(12)21)10-23-19(22-2)24-11-14-8-15(20)18(26-4)17(9-14)25-3/h5-9H,10-11H2,1-4H3,(H2,22,23,24). The Kier molecular flexibility index (Phi) is 7.26. The third-order valence-corrected chi connectivity index (χ3v) is 4.45. The van der Waals surface area contributed by atoms with Crippen LogP contribution in [0.2, 0.25) is 0 Å². The molecule has 0 aromatic heterocycles. The predicted molar refractivity (Wildman–Crippen MR) is 105 cm³/mol. The number of aryl methyl sites for hydroxylation is 1. The Hall–Kier alpha value is -2.28. The molecule has 0 atom stereocenters. The average molecular weight is 424 g/mol. The van der Waals surface area contributed by atoms with Crippen molar-refractivity contribution in [3.63, 3.8) is 0 Å². The molecule has 0 fully saturated rings. The lowest BCUT2D eigenvalue weighted by molar-refractivity contribution is 0.352. The van der Waals surface area contributed by atoms with E-state index in [-0.39, 0.29) is 5.82 Å². The van der Waals surface area contributed by atoms with Crippen LogP contribution < -0.4 is 20.1 Å². The lowest BCUT2D eigenvalue weighted by Crippen LogP contribution is -2.36. The molecule has 7 heteroatoms. The molecule has 0 unspecified atom stereocenters. The number of guanidine groups is 1. The summed E-state index contributed by atoms with van der Waals surface area (Å²) in [6.45, 7) is 2.86. The van der Waals surface area contributed by atoms with Crippen LogP contribution in [0.5, 0.6) is 11.5 Å². The van der Waals surface area contributed by atoms with Gasteiger partial charge in [0.2, 0.25) is 0 Å². The number of nitrogens with one attached hydrogen (secondary N) is 2. The summed E-state index contributed by atoms with van der Waals surface area (Å²) in [6.07, 6.45) is 0. The molecule has 0 radical (unpaired) electrons. The van der Waals surface area contributed by atoms with E-state index in [2.05, 4.69) is 31.6 Å². The second-order valence-electron chi connectivity index (χ2n) is 5.68. The second-order valence-corrected chi connectivity index (χ2v) is 6.53. The molecule has 0 saturated carbocycles. The molecule has 140 valence electrons. The van der Waals surface area contributed by atoms with Crippen molar-refractivity contribution in [2.75, 3.05) is 21.3 Å². The Bertz CT molecular complexity index is 797. The maximum Gasteiger partial charge on any atom is 0.191 e. The lowest BCUT2D eigenvalue weighted by atomic mass is 10.1. The van der Waals surface area contributed by atoms with Gasteiger partial charge >= 0.3 is 0 Å². The van der Waals surface area contributed by atoms with Crippen molar-refractivity contribution >= 4 is 21.9 Å². The summed E-state index contributed by atoms with van der Waals surface area (Å²) in [5.41, 5.74) is 2.62. The first-order chi connectivity index (χ1) is 12.5. The second kappa shape index (κ2) is 9.43. The molecule has 5 nitrogen and oxygen atoms in total. The Labute approximate surface area is 161 Å². The van der Waals surface area contributed by atoms with Crippen molar-refractivity contribution in [1.29, 1.82) is 0 Å². The van der Waals surface area contributed by atoms with Crippen LogP contribution in [0.4, 0.5) is 4.39 Å². The molecule has 2 rings (SSSR count). The summed E-state index contributed by atoms with van der Waals surface area (Å²) in [5.74, 6) is 1.77. The van der Waals surface area contributed by atoms with Crippen LogP contribution in [-0.4, -0.2) is 27.2 Å². The van der Waals surface area contributed by atoms with Crippen molar-refractivity contribution in [2.45, 2.75) is 20.0 Å². The van der Waals surface area contributed by atoms with Crippen LogP contribution >= 0.6 is 15.9 Å². The molecule has 0 bridgehead atoms. The first-order valence-electron chi connectivity index (χ1n) is 8.08. The zero-order valence-corrected chi connectivity index (χ0v) is 16.9. The van der Waals surface area contributed by atoms with Gasteiger partial charge < -0.3 is 20.1 Å². The Morgan fingerprint density at radius 3 is 2.35 bits per heavy atom. The molecule has 0 saturated heterocycles. The van der Waals surface area contributed by atoms with Gasteiger partial charge in [-0.2, -0.15) is 0 Å². The van der Waals surface area contributed by atoms with E-state index in [9.17, 15) is 4.39 Å². The van der Waals surface area contributed by atoms with Gasteiger partial charge in [-0.05, 0) is 57.7 Å². The molecule has 0 aliphatic carbocycles. The topological polar surface area (TPSA) is 54.9 Å². The molecule has 0 spiro atoms. The van der Waals surface area contributed by atoms with E-state index in [4.69, 9.17) is 9.47 Å². The minimum absolute atomic E-state index is 0.199. The van der Waals surface area contributed by atoms with Crippen molar-refractivity contribution in [3.8, 4) is 11.5 Å². The highest BCUT2D eigenvalue weighted by Crippen LogP contribution is 2.36. The number of benzene rings is 2. The maximum absolute atomic E-state index is 13.3. The van der Waals surface area contributed by atoms with E-state index in [1.165, 1.54) is 6.07 Å². The fraction of sp³-hybridized carbons (Fsp3) is 0.316. The molecule has 2 aromatic carbocycles. The Morgan fingerprint density at radius 1 is 1.08 bits per heavy atom. The van der Waals surface area contributed by atoms with Crippen molar-refractivity contribution in [3.05, 3.63) is 57.3 Å². The Balaban J connectivity index is 1.98. The number of hydrogen-bond donors (Lipinski definition) is 2. The fourth-order valence-corrected chi connectivity index (χ4v) is 3.13. The van der Waals surface area contributed by atoms with E-state index < -0.39 is 0 Å². The first-order valence-corrected chi connectivity index (χ1v) is 8.87. The molecule has 0 amide bonds. The van der Waals surface area contributed by atoms with Crippen molar-refractivity contribution < 1.29 is 13.9 Å². The van der Waals surface area contributed by atoms with Crippen LogP contribution in [0.1, 0.15) is 16.7 Å². The molecule has 0 aliphatic rings. The van der Waals surface area contributed by atoms with Gasteiger partial charge in [0, 0.05) is 20.1 Å². The molecular formula is C19H23BrFN3O2. The van der Waals surface area contributed by atoms with Crippen LogP contribution in [0.25, 0.3) is 0 Å². The van der Waals surface area contributed by atoms with Crippen LogP contribution in [-0.2, 0) is 13.1 Å². The largest absolute Gasteiger partial charge is 0.493 e. The van der Waals surface area contributed by atoms with Gasteiger partial charge in [-0.3, -0.25) is 4.99 Å². The predicted octanol–water partition coefficient (Wildman–Crippen LogP) is 3.78. The molecule has 26 heavy (non-hydrogen) atoms. The summed E-state index contributed by atoms with van der Waals surface area (Å²) in [6, 6.07) is 8.93. The number of halogens is 2. The van der Waals surface area contributed by atoms with Gasteiger partial charge in [-0.25, -0.2) is 4.39 Å². The zero-order valence-electron chi connectivity index (χ0n) is 15.3. The maximum atomic E-state index is 13.3. The lowest BCUT2D eigenvalue weighted by Gasteiger charge is -2.15. The smallest absolute Gasteiger partial charge is 0.191 e. The summed E-state index contributed by atoms with van der Waals surface area (Å²) < 4.78 is 24.8. The molecular weight excluding hydrogens is 401 g/mol. The normalized spacial score (nSPS) is 11.2. The number of aliphatic imine (C=N–C) groups is 1. The highest BCUT2D eigenvalue weighted by molar-refractivity contribution is 9.10. The fourth-order valence-electron chi connectivity index (χ4n) is 2.48. The zero-order chi connectivity index (χ0) is 19.1. The molecule has 2 N–H and O–H groups in total. The number of methoxy groups -OCH3 is 2. The Morgan fingerprint density at radius 2 is 1.77 bits per heavy atom. The quantitative estimate of drug-likeness (QED) is 0.548. The van der Waals surface area contributed by atoms with E-state index in [1.54, 1.807) is 34.3 Å². The minimum atomic E-state index is -0.199. The highest BCUT2D eigenvalue weighted by Gasteiger charge is 2.11. The third kappa shape index (κ3) is 5.11. The summed E-state index contributed by atoms with van der Waals surface area (Å²) >= 11 is 3.49. The van der Waals surface area contributed by atoms with Gasteiger partial charge in [0.1, 0.15) is 5.82 Å². The number of hydrogen-bond acceptors (Lipinski definition) is 3. The van der Waals surface area contributed by atoms with Crippen molar-refractivity contribution in [2.24, 2.45) is 4.99 Å². The number of rotatable bonds is 6. The SMILES string of the molecule is CN=C(NCc1ccc(F)c(C)c1)NCc1cc(Br)c(OC)c(OC)c1. The van der Waals surface area contributed by atoms with Gasteiger partial charge in [-0.15, -0.1) is 0 Å². The summed E-state index contributed by atoms with van der Waals surface area (Å²) in [4.78, 5) is 4.21. The van der Waals surface area contributed by atoms with Gasteiger partial charge in [0.05, 0.1) is 18.7 Å². The van der Waals surface area contributed by atoms with Crippen LogP contribution in [0.3, 0.4) is 0 Å².